The molecule has 2 nitrogen and oxygen atoms in total. The molecule has 0 radical (unpaired) electrons. The van der Waals surface area contributed by atoms with Crippen LogP contribution in [0.5, 0.6) is 0 Å². The maximum absolute atomic E-state index is 13.0. The van der Waals surface area contributed by atoms with Gasteiger partial charge >= 0.3 is 0 Å². The highest BCUT2D eigenvalue weighted by Crippen LogP contribution is 2.38. The summed E-state index contributed by atoms with van der Waals surface area (Å²) in [6, 6.07) is 12.9. The van der Waals surface area contributed by atoms with E-state index >= 15 is 0 Å². The number of fused-ring (bicyclic) bond motifs is 1. The maximum atomic E-state index is 13.0. The molecular formula is C21H25NOS. The summed E-state index contributed by atoms with van der Waals surface area (Å²) in [4.78, 5) is 16.6. The number of benzene rings is 1. The van der Waals surface area contributed by atoms with E-state index in [4.69, 9.17) is 0 Å². The van der Waals surface area contributed by atoms with Crippen LogP contribution in [0.1, 0.15) is 60.6 Å². The lowest BCUT2D eigenvalue weighted by Crippen LogP contribution is -2.40. The van der Waals surface area contributed by atoms with E-state index in [1.807, 2.05) is 17.4 Å². The van der Waals surface area contributed by atoms with Gasteiger partial charge in [0.1, 0.15) is 0 Å². The number of hydrogen-bond acceptors (Lipinski definition) is 2. The minimum absolute atomic E-state index is 0.109. The van der Waals surface area contributed by atoms with Crippen LogP contribution in [0.2, 0.25) is 0 Å². The Hall–Kier alpha value is -1.61. The zero-order valence-corrected chi connectivity index (χ0v) is 14.9. The molecule has 1 aromatic heterocycles. The van der Waals surface area contributed by atoms with Gasteiger partial charge in [-0.2, -0.15) is 0 Å². The SMILES string of the molecule is O=C(CCC1CCCC1)N1CCc2sccc2C1c1ccccc1. The minimum atomic E-state index is 0.109. The van der Waals surface area contributed by atoms with Gasteiger partial charge in [0.15, 0.2) is 0 Å². The largest absolute Gasteiger partial charge is 0.331 e. The molecule has 1 atom stereocenters. The normalized spacial score (nSPS) is 21.0. The lowest BCUT2D eigenvalue weighted by molar-refractivity contribution is -0.133. The van der Waals surface area contributed by atoms with Crippen LogP contribution in [0.25, 0.3) is 0 Å². The monoisotopic (exact) mass is 339 g/mol. The molecule has 1 aliphatic carbocycles. The van der Waals surface area contributed by atoms with Gasteiger partial charge in [-0.3, -0.25) is 4.79 Å². The van der Waals surface area contributed by atoms with Crippen molar-refractivity contribution in [2.45, 2.75) is 51.0 Å². The quantitative estimate of drug-likeness (QED) is 0.750. The second kappa shape index (κ2) is 7.10. The van der Waals surface area contributed by atoms with Gasteiger partial charge in [-0.15, -0.1) is 11.3 Å². The van der Waals surface area contributed by atoms with E-state index in [0.717, 1.165) is 25.3 Å². The Morgan fingerprint density at radius 1 is 1.12 bits per heavy atom. The zero-order chi connectivity index (χ0) is 16.4. The van der Waals surface area contributed by atoms with Crippen LogP contribution in [0.15, 0.2) is 41.8 Å². The van der Waals surface area contributed by atoms with Gasteiger partial charge in [0.05, 0.1) is 6.04 Å². The number of amides is 1. The van der Waals surface area contributed by atoms with Crippen molar-refractivity contribution >= 4 is 17.2 Å². The maximum Gasteiger partial charge on any atom is 0.223 e. The Morgan fingerprint density at radius 2 is 1.92 bits per heavy atom. The first-order valence-corrected chi connectivity index (χ1v) is 10.1. The standard InChI is InChI=1S/C21H25NOS/c23-20(11-10-16-6-4-5-7-16)22-14-12-19-18(13-15-24-19)21(22)17-8-2-1-3-9-17/h1-3,8-9,13,15-16,21H,4-7,10-12,14H2. The van der Waals surface area contributed by atoms with Crippen LogP contribution in [0.4, 0.5) is 0 Å². The van der Waals surface area contributed by atoms with E-state index in [1.54, 1.807) is 0 Å². The molecule has 4 rings (SSSR count). The summed E-state index contributed by atoms with van der Waals surface area (Å²) in [5.74, 6) is 1.12. The zero-order valence-electron chi connectivity index (χ0n) is 14.1. The van der Waals surface area contributed by atoms with Crippen LogP contribution in [0.3, 0.4) is 0 Å². The van der Waals surface area contributed by atoms with Gasteiger partial charge in [-0.25, -0.2) is 0 Å². The first-order chi connectivity index (χ1) is 11.8. The smallest absolute Gasteiger partial charge is 0.223 e. The number of rotatable bonds is 4. The van der Waals surface area contributed by atoms with Crippen molar-refractivity contribution in [1.29, 1.82) is 0 Å². The third kappa shape index (κ3) is 3.14. The summed E-state index contributed by atoms with van der Waals surface area (Å²) in [5, 5.41) is 2.17. The number of nitrogens with zero attached hydrogens (tertiary/aromatic N) is 1. The molecule has 2 heterocycles. The van der Waals surface area contributed by atoms with Crippen LogP contribution >= 0.6 is 11.3 Å². The van der Waals surface area contributed by atoms with Gasteiger partial charge in [0, 0.05) is 17.8 Å². The van der Waals surface area contributed by atoms with Crippen molar-refractivity contribution in [3.63, 3.8) is 0 Å². The molecule has 126 valence electrons. The number of hydrogen-bond donors (Lipinski definition) is 0. The molecule has 0 bridgehead atoms. The van der Waals surface area contributed by atoms with Crippen molar-refractivity contribution < 1.29 is 4.79 Å². The number of carbonyl (C=O) groups excluding carboxylic acids is 1. The van der Waals surface area contributed by atoms with Gasteiger partial charge in [0.2, 0.25) is 5.91 Å². The third-order valence-corrected chi connectivity index (χ3v) is 6.64. The average Bonchev–Trinajstić information content (AvgIpc) is 3.30. The Balaban J connectivity index is 1.55. The van der Waals surface area contributed by atoms with Gasteiger partial charge in [-0.1, -0.05) is 56.0 Å². The topological polar surface area (TPSA) is 20.3 Å². The van der Waals surface area contributed by atoms with Crippen molar-refractivity contribution in [3.05, 3.63) is 57.8 Å². The Bertz CT molecular complexity index is 687. The van der Waals surface area contributed by atoms with Gasteiger partial charge in [0.25, 0.3) is 0 Å². The highest BCUT2D eigenvalue weighted by Gasteiger charge is 2.32. The molecule has 24 heavy (non-hydrogen) atoms. The first-order valence-electron chi connectivity index (χ1n) is 9.23. The number of thiophene rings is 1. The van der Waals surface area contributed by atoms with Crippen molar-refractivity contribution in [2.24, 2.45) is 5.92 Å². The second-order valence-electron chi connectivity index (χ2n) is 7.14. The molecule has 3 heteroatoms. The first kappa shape index (κ1) is 15.9. The summed E-state index contributed by atoms with van der Waals surface area (Å²) < 4.78 is 0. The molecule has 0 N–H and O–H groups in total. The van der Waals surface area contributed by atoms with Crippen molar-refractivity contribution in [3.8, 4) is 0 Å². The summed E-state index contributed by atoms with van der Waals surface area (Å²) >= 11 is 1.83. The van der Waals surface area contributed by atoms with E-state index in [1.165, 1.54) is 41.7 Å². The fraction of sp³-hybridized carbons (Fsp3) is 0.476. The summed E-state index contributed by atoms with van der Waals surface area (Å²) in [6.07, 6.45) is 8.15. The molecule has 0 spiro atoms. The molecule has 1 aliphatic heterocycles. The van der Waals surface area contributed by atoms with Crippen LogP contribution in [-0.4, -0.2) is 17.4 Å². The van der Waals surface area contributed by atoms with E-state index in [9.17, 15) is 4.79 Å². The molecule has 1 fully saturated rings. The molecule has 0 saturated heterocycles. The second-order valence-corrected chi connectivity index (χ2v) is 8.14. The molecule has 1 unspecified atom stereocenters. The average molecular weight is 340 g/mol. The predicted octanol–water partition coefficient (Wildman–Crippen LogP) is 5.19. The highest BCUT2D eigenvalue weighted by molar-refractivity contribution is 7.10. The summed E-state index contributed by atoms with van der Waals surface area (Å²) in [5.41, 5.74) is 2.58. The molecule has 1 aromatic carbocycles. The number of carbonyl (C=O) groups is 1. The van der Waals surface area contributed by atoms with Gasteiger partial charge < -0.3 is 4.90 Å². The van der Waals surface area contributed by atoms with Crippen LogP contribution in [-0.2, 0) is 11.2 Å². The van der Waals surface area contributed by atoms with Crippen molar-refractivity contribution in [1.82, 2.24) is 4.90 Å². The van der Waals surface area contributed by atoms with E-state index in [0.29, 0.717) is 12.3 Å². The Kier molecular flexibility index (Phi) is 4.70. The molecule has 2 aromatic rings. The summed E-state index contributed by atoms with van der Waals surface area (Å²) in [6.45, 7) is 0.858. The lowest BCUT2D eigenvalue weighted by atomic mass is 9.92. The Labute approximate surface area is 148 Å². The van der Waals surface area contributed by atoms with Gasteiger partial charge in [-0.05, 0) is 41.3 Å². The fourth-order valence-corrected chi connectivity index (χ4v) is 5.25. The molecular weight excluding hydrogens is 314 g/mol. The van der Waals surface area contributed by atoms with Crippen LogP contribution < -0.4 is 0 Å². The molecule has 2 aliphatic rings. The predicted molar refractivity (Wildman–Crippen MR) is 99.2 cm³/mol. The van der Waals surface area contributed by atoms with E-state index in [-0.39, 0.29) is 6.04 Å². The minimum Gasteiger partial charge on any atom is -0.331 e. The van der Waals surface area contributed by atoms with E-state index < -0.39 is 0 Å². The summed E-state index contributed by atoms with van der Waals surface area (Å²) in [7, 11) is 0. The highest BCUT2D eigenvalue weighted by atomic mass is 32.1. The van der Waals surface area contributed by atoms with Crippen molar-refractivity contribution in [2.75, 3.05) is 6.54 Å². The van der Waals surface area contributed by atoms with Crippen LogP contribution in [0, 0.1) is 5.92 Å². The molecule has 1 saturated carbocycles. The lowest BCUT2D eigenvalue weighted by Gasteiger charge is -2.36. The molecule has 1 amide bonds. The Morgan fingerprint density at radius 3 is 2.71 bits per heavy atom. The third-order valence-electron chi connectivity index (χ3n) is 5.64. The fourth-order valence-electron chi connectivity index (χ4n) is 4.35. The van der Waals surface area contributed by atoms with E-state index in [2.05, 4.69) is 40.6 Å².